The van der Waals surface area contributed by atoms with Crippen LogP contribution in [-0.2, 0) is 20.7 Å². The van der Waals surface area contributed by atoms with E-state index in [0.717, 1.165) is 0 Å². The summed E-state index contributed by atoms with van der Waals surface area (Å²) in [5.74, 6) is -1.56. The third-order valence-corrected chi connectivity index (χ3v) is 3.12. The fourth-order valence-electron chi connectivity index (χ4n) is 2.05. The van der Waals surface area contributed by atoms with Crippen LogP contribution in [0.25, 0.3) is 0 Å². The van der Waals surface area contributed by atoms with Crippen LogP contribution >= 0.6 is 0 Å². The van der Waals surface area contributed by atoms with Crippen LogP contribution in [0, 0.1) is 5.82 Å². The number of ether oxygens (including phenoxy) is 1. The number of aromatic nitrogens is 1. The van der Waals surface area contributed by atoms with Gasteiger partial charge in [-0.15, -0.1) is 0 Å². The molecule has 1 N–H and O–H groups in total. The topological polar surface area (TPSA) is 68.3 Å². The second-order valence-electron chi connectivity index (χ2n) is 4.78. The number of halogens is 1. The smallest absolute Gasteiger partial charge is 0.334 e. The number of carbonyl (C=O) groups is 2. The highest BCUT2D eigenvalue weighted by molar-refractivity contribution is 5.86. The molecule has 5 nitrogen and oxygen atoms in total. The molecule has 6 heteroatoms. The Morgan fingerprint density at radius 3 is 2.61 bits per heavy atom. The van der Waals surface area contributed by atoms with Crippen molar-refractivity contribution in [3.05, 3.63) is 65.7 Å². The predicted molar refractivity (Wildman–Crippen MR) is 81.9 cm³/mol. The molecule has 1 aromatic carbocycles. The molecule has 0 saturated heterocycles. The van der Waals surface area contributed by atoms with E-state index < -0.39 is 23.7 Å². The molecule has 0 aliphatic heterocycles. The van der Waals surface area contributed by atoms with Gasteiger partial charge in [-0.25, -0.2) is 9.18 Å². The van der Waals surface area contributed by atoms with Crippen LogP contribution in [0.3, 0.4) is 0 Å². The van der Waals surface area contributed by atoms with E-state index >= 15 is 0 Å². The highest BCUT2D eigenvalue weighted by atomic mass is 19.1. The van der Waals surface area contributed by atoms with Crippen LogP contribution in [0.1, 0.15) is 24.2 Å². The number of hydrogen-bond acceptors (Lipinski definition) is 4. The Labute approximate surface area is 133 Å². The Kier molecular flexibility index (Phi) is 5.80. The Morgan fingerprint density at radius 1 is 1.22 bits per heavy atom. The minimum absolute atomic E-state index is 0.171. The molecule has 0 fully saturated rings. The monoisotopic (exact) mass is 316 g/mol. The number of carbonyl (C=O) groups excluding carboxylic acids is 2. The molecule has 1 aromatic heterocycles. The average Bonchev–Trinajstić information content (AvgIpc) is 2.56. The van der Waals surface area contributed by atoms with E-state index in [1.54, 1.807) is 37.3 Å². The number of amides is 1. The summed E-state index contributed by atoms with van der Waals surface area (Å²) in [6.45, 7) is 1.86. The largest absolute Gasteiger partial charge is 0.464 e. The van der Waals surface area contributed by atoms with E-state index in [0.29, 0.717) is 5.69 Å². The summed E-state index contributed by atoms with van der Waals surface area (Å²) in [6, 6.07) is 10.0. The molecule has 120 valence electrons. The van der Waals surface area contributed by atoms with Crippen molar-refractivity contribution in [3.8, 4) is 0 Å². The summed E-state index contributed by atoms with van der Waals surface area (Å²) in [4.78, 5) is 28.3. The summed E-state index contributed by atoms with van der Waals surface area (Å²) < 4.78 is 18.6. The maximum atomic E-state index is 13.6. The van der Waals surface area contributed by atoms with Gasteiger partial charge in [-0.3, -0.25) is 9.78 Å². The zero-order chi connectivity index (χ0) is 16.7. The van der Waals surface area contributed by atoms with Gasteiger partial charge in [0.25, 0.3) is 0 Å². The molecule has 2 rings (SSSR count). The second kappa shape index (κ2) is 8.03. The average molecular weight is 316 g/mol. The van der Waals surface area contributed by atoms with Crippen LogP contribution in [0.4, 0.5) is 4.39 Å². The summed E-state index contributed by atoms with van der Waals surface area (Å²) in [5, 5.41) is 2.55. The molecular formula is C17H17FN2O3. The van der Waals surface area contributed by atoms with Crippen molar-refractivity contribution in [2.24, 2.45) is 0 Å². The number of nitrogens with zero attached hydrogens (tertiary/aromatic N) is 1. The molecule has 0 saturated carbocycles. The molecular weight excluding hydrogens is 299 g/mol. The SMILES string of the molecule is CCOC(=O)C(NC(=O)Cc1ccccc1F)c1ccccn1. The van der Waals surface area contributed by atoms with E-state index in [4.69, 9.17) is 4.74 Å². The first-order chi connectivity index (χ1) is 11.1. The van der Waals surface area contributed by atoms with Gasteiger partial charge in [0.1, 0.15) is 5.82 Å². The molecule has 1 unspecified atom stereocenters. The molecule has 2 aromatic rings. The van der Waals surface area contributed by atoms with Gasteiger partial charge in [-0.2, -0.15) is 0 Å². The zero-order valence-electron chi connectivity index (χ0n) is 12.7. The van der Waals surface area contributed by atoms with Crippen LogP contribution in [0.15, 0.2) is 48.7 Å². The summed E-state index contributed by atoms with van der Waals surface area (Å²) in [5.41, 5.74) is 0.626. The minimum Gasteiger partial charge on any atom is -0.464 e. The first-order valence-electron chi connectivity index (χ1n) is 7.22. The third kappa shape index (κ3) is 4.60. The zero-order valence-corrected chi connectivity index (χ0v) is 12.7. The molecule has 1 amide bonds. The maximum Gasteiger partial charge on any atom is 0.334 e. The van der Waals surface area contributed by atoms with Crippen molar-refractivity contribution in [1.29, 1.82) is 0 Å². The quantitative estimate of drug-likeness (QED) is 0.830. The number of rotatable bonds is 6. The summed E-state index contributed by atoms with van der Waals surface area (Å²) in [6.07, 6.45) is 1.35. The van der Waals surface area contributed by atoms with E-state index in [-0.39, 0.29) is 18.6 Å². The van der Waals surface area contributed by atoms with Crippen molar-refractivity contribution in [3.63, 3.8) is 0 Å². The molecule has 1 heterocycles. The number of esters is 1. The Balaban J connectivity index is 2.13. The van der Waals surface area contributed by atoms with Crippen LogP contribution < -0.4 is 5.32 Å². The first-order valence-corrected chi connectivity index (χ1v) is 7.22. The van der Waals surface area contributed by atoms with Crippen molar-refractivity contribution in [1.82, 2.24) is 10.3 Å². The molecule has 0 radical (unpaired) electrons. The number of nitrogens with one attached hydrogen (secondary N) is 1. The van der Waals surface area contributed by atoms with Crippen molar-refractivity contribution in [2.75, 3.05) is 6.61 Å². The van der Waals surface area contributed by atoms with E-state index in [2.05, 4.69) is 10.3 Å². The third-order valence-electron chi connectivity index (χ3n) is 3.12. The molecule has 0 bridgehead atoms. The lowest BCUT2D eigenvalue weighted by molar-refractivity contribution is -0.147. The van der Waals surface area contributed by atoms with Crippen molar-refractivity contribution in [2.45, 2.75) is 19.4 Å². The van der Waals surface area contributed by atoms with Gasteiger partial charge in [-0.05, 0) is 30.7 Å². The second-order valence-corrected chi connectivity index (χ2v) is 4.78. The highest BCUT2D eigenvalue weighted by Crippen LogP contribution is 2.13. The van der Waals surface area contributed by atoms with Crippen LogP contribution in [0.2, 0.25) is 0 Å². The number of pyridine rings is 1. The molecule has 0 aliphatic rings. The van der Waals surface area contributed by atoms with Gasteiger partial charge >= 0.3 is 5.97 Å². The van der Waals surface area contributed by atoms with Crippen LogP contribution in [-0.4, -0.2) is 23.5 Å². The molecule has 23 heavy (non-hydrogen) atoms. The van der Waals surface area contributed by atoms with Gasteiger partial charge in [0.05, 0.1) is 18.7 Å². The van der Waals surface area contributed by atoms with Gasteiger partial charge in [0.15, 0.2) is 6.04 Å². The van der Waals surface area contributed by atoms with Gasteiger partial charge in [-0.1, -0.05) is 24.3 Å². The maximum absolute atomic E-state index is 13.6. The van der Waals surface area contributed by atoms with Gasteiger partial charge in [0, 0.05) is 6.20 Å². The van der Waals surface area contributed by atoms with Gasteiger partial charge < -0.3 is 10.1 Å². The molecule has 1 atom stereocenters. The van der Waals surface area contributed by atoms with E-state index in [1.165, 1.54) is 18.3 Å². The Hall–Kier alpha value is -2.76. The molecule has 0 aliphatic carbocycles. The Morgan fingerprint density at radius 2 is 1.96 bits per heavy atom. The highest BCUT2D eigenvalue weighted by Gasteiger charge is 2.25. The standard InChI is InChI=1S/C17H17FN2O3/c1-2-23-17(22)16(14-9-5-6-10-19-14)20-15(21)11-12-7-3-4-8-13(12)18/h3-10,16H,2,11H2,1H3,(H,20,21). The number of hydrogen-bond donors (Lipinski definition) is 1. The summed E-state index contributed by atoms with van der Waals surface area (Å²) in [7, 11) is 0. The van der Waals surface area contributed by atoms with E-state index in [1.807, 2.05) is 0 Å². The lowest BCUT2D eigenvalue weighted by atomic mass is 10.1. The first kappa shape index (κ1) is 16.6. The Bertz CT molecular complexity index is 677. The predicted octanol–water partition coefficient (Wildman–Crippen LogP) is 2.18. The van der Waals surface area contributed by atoms with Crippen molar-refractivity contribution >= 4 is 11.9 Å². The van der Waals surface area contributed by atoms with Crippen LogP contribution in [0.5, 0.6) is 0 Å². The fraction of sp³-hybridized carbons (Fsp3) is 0.235. The molecule has 0 spiro atoms. The van der Waals surface area contributed by atoms with Gasteiger partial charge in [0.2, 0.25) is 5.91 Å². The van der Waals surface area contributed by atoms with E-state index in [9.17, 15) is 14.0 Å². The summed E-state index contributed by atoms with van der Waals surface area (Å²) >= 11 is 0. The minimum atomic E-state index is -1.02. The number of benzene rings is 1. The normalized spacial score (nSPS) is 11.6. The lowest BCUT2D eigenvalue weighted by Crippen LogP contribution is -2.36. The lowest BCUT2D eigenvalue weighted by Gasteiger charge is -2.17. The van der Waals surface area contributed by atoms with Crippen molar-refractivity contribution < 1.29 is 18.7 Å². The fourth-order valence-corrected chi connectivity index (χ4v) is 2.05.